The molecule has 0 saturated carbocycles. The van der Waals surface area contributed by atoms with E-state index in [4.69, 9.17) is 16.3 Å². The Morgan fingerprint density at radius 3 is 2.85 bits per heavy atom. The number of fused-ring (bicyclic) bond motifs is 3. The predicted octanol–water partition coefficient (Wildman–Crippen LogP) is 3.65. The molecule has 0 saturated heterocycles. The smallest absolute Gasteiger partial charge is 0.258 e. The SMILES string of the molecule is Cc1nc2c3c(nn2c(C)c1Cl)CN(C(=O)c1ccc(F)cc1OCCc1cnn(C)c1)C3. The Morgan fingerprint density at radius 2 is 2.09 bits per heavy atom. The molecule has 0 fully saturated rings. The van der Waals surface area contributed by atoms with Crippen molar-refractivity contribution in [2.24, 2.45) is 7.05 Å². The van der Waals surface area contributed by atoms with Crippen LogP contribution in [0.1, 0.15) is 38.6 Å². The number of hydrogen-bond donors (Lipinski definition) is 0. The second-order valence-electron chi connectivity index (χ2n) is 8.18. The minimum Gasteiger partial charge on any atom is -0.492 e. The van der Waals surface area contributed by atoms with Gasteiger partial charge >= 0.3 is 0 Å². The average molecular weight is 469 g/mol. The van der Waals surface area contributed by atoms with Gasteiger partial charge in [0.1, 0.15) is 11.6 Å². The molecule has 0 atom stereocenters. The molecule has 4 heterocycles. The van der Waals surface area contributed by atoms with Crippen LogP contribution in [0.25, 0.3) is 5.65 Å². The van der Waals surface area contributed by atoms with Crippen LogP contribution in [0.15, 0.2) is 30.6 Å². The van der Waals surface area contributed by atoms with Crippen molar-refractivity contribution in [1.82, 2.24) is 29.3 Å². The molecule has 0 radical (unpaired) electrons. The van der Waals surface area contributed by atoms with Crippen LogP contribution in [0.5, 0.6) is 5.75 Å². The minimum atomic E-state index is -0.461. The number of hydrogen-bond acceptors (Lipinski definition) is 5. The molecule has 0 aliphatic carbocycles. The Bertz CT molecular complexity index is 1400. The first-order valence-electron chi connectivity index (χ1n) is 10.5. The lowest BCUT2D eigenvalue weighted by Crippen LogP contribution is -2.26. The number of halogens is 2. The third-order valence-electron chi connectivity index (χ3n) is 5.82. The van der Waals surface area contributed by atoms with Gasteiger partial charge in [0.2, 0.25) is 0 Å². The van der Waals surface area contributed by atoms with E-state index in [1.165, 1.54) is 18.2 Å². The van der Waals surface area contributed by atoms with E-state index in [0.717, 1.165) is 28.2 Å². The highest BCUT2D eigenvalue weighted by atomic mass is 35.5. The van der Waals surface area contributed by atoms with E-state index in [2.05, 4.69) is 15.2 Å². The standard InChI is InChI=1S/C23H22ClFN6O2/c1-13-21(24)14(2)31-22(27-13)18-11-30(12-19(18)28-31)23(32)17-5-4-16(25)8-20(17)33-7-6-15-9-26-29(3)10-15/h4-5,8-10H,6-7,11-12H2,1-3H3. The zero-order valence-electron chi connectivity index (χ0n) is 18.5. The zero-order chi connectivity index (χ0) is 23.3. The van der Waals surface area contributed by atoms with Gasteiger partial charge in [-0.1, -0.05) is 11.6 Å². The van der Waals surface area contributed by atoms with Gasteiger partial charge in [-0.15, -0.1) is 0 Å². The minimum absolute atomic E-state index is 0.222. The van der Waals surface area contributed by atoms with Crippen molar-refractivity contribution < 1.29 is 13.9 Å². The van der Waals surface area contributed by atoms with Gasteiger partial charge in [0.05, 0.1) is 53.6 Å². The van der Waals surface area contributed by atoms with Gasteiger partial charge in [-0.05, 0) is 31.5 Å². The maximum Gasteiger partial charge on any atom is 0.258 e. The van der Waals surface area contributed by atoms with E-state index >= 15 is 0 Å². The van der Waals surface area contributed by atoms with Crippen molar-refractivity contribution in [3.63, 3.8) is 0 Å². The molecule has 1 aliphatic heterocycles. The number of benzene rings is 1. The van der Waals surface area contributed by atoms with Crippen molar-refractivity contribution in [2.75, 3.05) is 6.61 Å². The van der Waals surface area contributed by atoms with Crippen LogP contribution >= 0.6 is 11.6 Å². The summed E-state index contributed by atoms with van der Waals surface area (Å²) in [5, 5.41) is 9.33. The van der Waals surface area contributed by atoms with Crippen LogP contribution in [0, 0.1) is 19.7 Å². The molecule has 4 aromatic rings. The van der Waals surface area contributed by atoms with Crippen molar-refractivity contribution in [1.29, 1.82) is 0 Å². The van der Waals surface area contributed by atoms with Crippen molar-refractivity contribution in [2.45, 2.75) is 33.4 Å². The second-order valence-corrected chi connectivity index (χ2v) is 8.56. The molecule has 0 bridgehead atoms. The van der Waals surface area contributed by atoms with Gasteiger partial charge in [-0.3, -0.25) is 9.48 Å². The molecule has 170 valence electrons. The largest absolute Gasteiger partial charge is 0.492 e. The second kappa shape index (κ2) is 8.15. The molecular formula is C23H22ClFN6O2. The number of aryl methyl sites for hydroxylation is 3. The number of aromatic nitrogens is 5. The normalized spacial score (nSPS) is 13.1. The maximum absolute atomic E-state index is 13.9. The lowest BCUT2D eigenvalue weighted by molar-refractivity contribution is 0.0745. The zero-order valence-corrected chi connectivity index (χ0v) is 19.2. The Balaban J connectivity index is 1.36. The van der Waals surface area contributed by atoms with Crippen molar-refractivity contribution in [3.8, 4) is 5.75 Å². The summed E-state index contributed by atoms with van der Waals surface area (Å²) in [7, 11) is 1.84. The monoisotopic (exact) mass is 468 g/mol. The van der Waals surface area contributed by atoms with Crippen LogP contribution in [-0.2, 0) is 26.6 Å². The Kier molecular flexibility index (Phi) is 5.28. The Morgan fingerprint density at radius 1 is 1.27 bits per heavy atom. The van der Waals surface area contributed by atoms with Crippen molar-refractivity contribution >= 4 is 23.2 Å². The van der Waals surface area contributed by atoms with E-state index in [-0.39, 0.29) is 11.7 Å². The summed E-state index contributed by atoms with van der Waals surface area (Å²) in [4.78, 5) is 19.6. The fraction of sp³-hybridized carbons (Fsp3) is 0.304. The summed E-state index contributed by atoms with van der Waals surface area (Å²) in [6.07, 6.45) is 4.24. The number of carbonyl (C=O) groups excluding carboxylic acids is 1. The maximum atomic E-state index is 13.9. The van der Waals surface area contributed by atoms with Gasteiger partial charge in [0.15, 0.2) is 5.65 Å². The lowest BCUT2D eigenvalue weighted by atomic mass is 10.1. The molecule has 8 nitrogen and oxygen atoms in total. The van der Waals surface area contributed by atoms with Crippen LogP contribution < -0.4 is 4.74 Å². The van der Waals surface area contributed by atoms with Gasteiger partial charge in [-0.2, -0.15) is 10.2 Å². The molecule has 10 heteroatoms. The molecule has 0 spiro atoms. The van der Waals surface area contributed by atoms with Gasteiger partial charge in [0.25, 0.3) is 5.91 Å². The first-order valence-corrected chi connectivity index (χ1v) is 10.9. The first-order chi connectivity index (χ1) is 15.8. The van der Waals surface area contributed by atoms with E-state index in [0.29, 0.717) is 42.4 Å². The number of amides is 1. The van der Waals surface area contributed by atoms with E-state index in [1.807, 2.05) is 27.1 Å². The van der Waals surface area contributed by atoms with Crippen LogP contribution in [0.4, 0.5) is 4.39 Å². The number of carbonyl (C=O) groups is 1. The lowest BCUT2D eigenvalue weighted by Gasteiger charge is -2.18. The third kappa shape index (κ3) is 3.82. The molecule has 5 rings (SSSR count). The van der Waals surface area contributed by atoms with Crippen molar-refractivity contribution in [3.05, 3.63) is 75.2 Å². The highest BCUT2D eigenvalue weighted by Gasteiger charge is 2.31. The Labute approximate surface area is 194 Å². The summed E-state index contributed by atoms with van der Waals surface area (Å²) < 4.78 is 23.2. The van der Waals surface area contributed by atoms with Gasteiger partial charge in [0, 0.05) is 31.3 Å². The quantitative estimate of drug-likeness (QED) is 0.447. The summed E-state index contributed by atoms with van der Waals surface area (Å²) in [5.41, 5.74) is 5.22. The summed E-state index contributed by atoms with van der Waals surface area (Å²) in [6.45, 7) is 4.73. The van der Waals surface area contributed by atoms with Crippen LogP contribution in [0.2, 0.25) is 5.02 Å². The molecule has 1 aliphatic rings. The van der Waals surface area contributed by atoms with Crippen LogP contribution in [-0.4, -0.2) is 41.8 Å². The molecule has 0 N–H and O–H groups in total. The van der Waals surface area contributed by atoms with E-state index in [1.54, 1.807) is 20.3 Å². The average Bonchev–Trinajstić information content (AvgIpc) is 3.47. The molecule has 3 aromatic heterocycles. The predicted molar refractivity (Wildman–Crippen MR) is 120 cm³/mol. The highest BCUT2D eigenvalue weighted by Crippen LogP contribution is 2.31. The fourth-order valence-electron chi connectivity index (χ4n) is 4.10. The van der Waals surface area contributed by atoms with E-state index in [9.17, 15) is 9.18 Å². The molecule has 1 amide bonds. The topological polar surface area (TPSA) is 77.6 Å². The molecular weight excluding hydrogens is 447 g/mol. The highest BCUT2D eigenvalue weighted by molar-refractivity contribution is 6.31. The Hall–Kier alpha value is -3.46. The number of rotatable bonds is 5. The number of ether oxygens (including phenoxy) is 1. The fourth-order valence-corrected chi connectivity index (χ4v) is 4.22. The summed E-state index contributed by atoms with van der Waals surface area (Å²) in [6, 6.07) is 3.98. The number of nitrogens with zero attached hydrogens (tertiary/aromatic N) is 6. The first kappa shape index (κ1) is 21.4. The summed E-state index contributed by atoms with van der Waals surface area (Å²) in [5.74, 6) is -0.485. The van der Waals surface area contributed by atoms with Gasteiger partial charge in [-0.25, -0.2) is 13.9 Å². The third-order valence-corrected chi connectivity index (χ3v) is 6.37. The summed E-state index contributed by atoms with van der Waals surface area (Å²) >= 11 is 6.31. The van der Waals surface area contributed by atoms with Gasteiger partial charge < -0.3 is 9.64 Å². The van der Waals surface area contributed by atoms with E-state index < -0.39 is 5.82 Å². The molecule has 1 aromatic carbocycles. The molecule has 33 heavy (non-hydrogen) atoms. The van der Waals surface area contributed by atoms with Crippen LogP contribution in [0.3, 0.4) is 0 Å². The molecule has 0 unspecified atom stereocenters.